The SMILES string of the molecule is CCOC[C@@]12CC3CNN(c4ccc(F)cc4)C3CC1CCN(S(=O)(=O)c1ccc(C(F)(F)F)cc1)C2. The Morgan fingerprint density at radius 2 is 1.81 bits per heavy atom. The van der Waals surface area contributed by atoms with Gasteiger partial charge >= 0.3 is 6.18 Å². The Labute approximate surface area is 214 Å². The molecule has 0 radical (unpaired) electrons. The van der Waals surface area contributed by atoms with Gasteiger partial charge in [0.25, 0.3) is 0 Å². The van der Waals surface area contributed by atoms with E-state index in [0.717, 1.165) is 42.8 Å². The number of halogens is 4. The fraction of sp³-hybridized carbons (Fsp3) is 0.538. The van der Waals surface area contributed by atoms with E-state index in [4.69, 9.17) is 4.74 Å². The van der Waals surface area contributed by atoms with Gasteiger partial charge in [0.05, 0.1) is 22.8 Å². The van der Waals surface area contributed by atoms with Crippen LogP contribution in [0.1, 0.15) is 31.7 Å². The van der Waals surface area contributed by atoms with Gasteiger partial charge in [-0.25, -0.2) is 18.2 Å². The van der Waals surface area contributed by atoms with Crippen LogP contribution < -0.4 is 10.4 Å². The number of rotatable bonds is 6. The molecule has 11 heteroatoms. The lowest BCUT2D eigenvalue weighted by molar-refractivity contribution is -0.137. The summed E-state index contributed by atoms with van der Waals surface area (Å²) in [5.41, 5.74) is 3.07. The van der Waals surface area contributed by atoms with E-state index in [0.29, 0.717) is 32.7 Å². The minimum atomic E-state index is -4.53. The molecule has 2 heterocycles. The zero-order valence-corrected chi connectivity index (χ0v) is 21.4. The molecule has 37 heavy (non-hydrogen) atoms. The molecule has 3 aliphatic rings. The van der Waals surface area contributed by atoms with Crippen molar-refractivity contribution in [2.45, 2.75) is 43.3 Å². The van der Waals surface area contributed by atoms with Crippen LogP contribution in [0.5, 0.6) is 0 Å². The highest BCUT2D eigenvalue weighted by Crippen LogP contribution is 2.52. The Morgan fingerprint density at radius 3 is 2.46 bits per heavy atom. The fourth-order valence-electron chi connectivity index (χ4n) is 6.35. The number of ether oxygens (including phenoxy) is 1. The highest BCUT2D eigenvalue weighted by molar-refractivity contribution is 7.89. The smallest absolute Gasteiger partial charge is 0.381 e. The molecule has 3 fully saturated rings. The Hall–Kier alpha value is -2.21. The van der Waals surface area contributed by atoms with Crippen LogP contribution in [0, 0.1) is 23.1 Å². The molecule has 1 saturated carbocycles. The fourth-order valence-corrected chi connectivity index (χ4v) is 7.90. The summed E-state index contributed by atoms with van der Waals surface area (Å²) in [6.07, 6.45) is -2.30. The first-order chi connectivity index (χ1) is 17.5. The van der Waals surface area contributed by atoms with Crippen LogP contribution >= 0.6 is 0 Å². The number of hydrazine groups is 1. The summed E-state index contributed by atoms with van der Waals surface area (Å²) in [6, 6.07) is 10.3. The molecule has 4 atom stereocenters. The van der Waals surface area contributed by atoms with Gasteiger partial charge in [0, 0.05) is 37.7 Å². The van der Waals surface area contributed by atoms with E-state index < -0.39 is 27.2 Å². The predicted molar refractivity (Wildman–Crippen MR) is 131 cm³/mol. The number of sulfonamides is 1. The van der Waals surface area contributed by atoms with Crippen molar-refractivity contribution in [1.29, 1.82) is 0 Å². The van der Waals surface area contributed by atoms with Gasteiger partial charge in [-0.3, -0.25) is 0 Å². The summed E-state index contributed by atoms with van der Waals surface area (Å²) < 4.78 is 86.7. The maximum atomic E-state index is 13.5. The van der Waals surface area contributed by atoms with Crippen molar-refractivity contribution in [3.05, 3.63) is 59.9 Å². The van der Waals surface area contributed by atoms with E-state index in [-0.39, 0.29) is 35.1 Å². The molecule has 5 rings (SSSR count). The quantitative estimate of drug-likeness (QED) is 0.539. The maximum absolute atomic E-state index is 13.5. The Morgan fingerprint density at radius 1 is 1.11 bits per heavy atom. The molecule has 0 spiro atoms. The summed E-state index contributed by atoms with van der Waals surface area (Å²) in [4.78, 5) is -0.135. The van der Waals surface area contributed by atoms with Crippen molar-refractivity contribution in [3.8, 4) is 0 Å². The highest BCUT2D eigenvalue weighted by Gasteiger charge is 2.54. The summed E-state index contributed by atoms with van der Waals surface area (Å²) >= 11 is 0. The lowest BCUT2D eigenvalue weighted by atomic mass is 9.59. The Kier molecular flexibility index (Phi) is 7.01. The van der Waals surface area contributed by atoms with Gasteiger partial charge in [-0.1, -0.05) is 0 Å². The van der Waals surface area contributed by atoms with Crippen LogP contribution in [0.3, 0.4) is 0 Å². The molecule has 3 unspecified atom stereocenters. The number of alkyl halides is 3. The molecule has 0 bridgehead atoms. The summed E-state index contributed by atoms with van der Waals surface area (Å²) in [5, 5.41) is 2.11. The first kappa shape index (κ1) is 26.4. The Bertz CT molecular complexity index is 1210. The van der Waals surface area contributed by atoms with Crippen LogP contribution in [0.4, 0.5) is 23.2 Å². The highest BCUT2D eigenvalue weighted by atomic mass is 32.2. The number of benzene rings is 2. The summed E-state index contributed by atoms with van der Waals surface area (Å²) in [5.74, 6) is 0.165. The maximum Gasteiger partial charge on any atom is 0.416 e. The van der Waals surface area contributed by atoms with Crippen LogP contribution in [-0.4, -0.2) is 51.6 Å². The van der Waals surface area contributed by atoms with Crippen LogP contribution in [0.25, 0.3) is 0 Å². The van der Waals surface area contributed by atoms with E-state index in [1.54, 1.807) is 12.1 Å². The van der Waals surface area contributed by atoms with E-state index in [1.165, 1.54) is 16.4 Å². The molecule has 0 aromatic heterocycles. The van der Waals surface area contributed by atoms with Gasteiger partial charge in [-0.2, -0.15) is 17.5 Å². The standard InChI is InChI=1S/C26H31F4N3O3S/c1-2-36-17-25-14-18-15-31-33(22-7-5-21(27)6-8-22)24(18)13-20(25)11-12-32(16-25)37(34,35)23-9-3-19(4-10-23)26(28,29)30/h3-10,18,20,24,31H,2,11-17H2,1H3/t18?,20?,24?,25-/m0/s1. The molecule has 2 aromatic rings. The van der Waals surface area contributed by atoms with Gasteiger partial charge in [0.2, 0.25) is 10.0 Å². The largest absolute Gasteiger partial charge is 0.416 e. The Balaban J connectivity index is 1.38. The topological polar surface area (TPSA) is 61.9 Å². The summed E-state index contributed by atoms with van der Waals surface area (Å²) in [6.45, 7) is 4.11. The lowest BCUT2D eigenvalue weighted by Gasteiger charge is -2.53. The molecule has 2 aliphatic heterocycles. The van der Waals surface area contributed by atoms with Crippen molar-refractivity contribution in [2.75, 3.05) is 37.9 Å². The first-order valence-electron chi connectivity index (χ1n) is 12.6. The average Bonchev–Trinajstić information content (AvgIpc) is 3.28. The zero-order valence-electron chi connectivity index (χ0n) is 20.5. The number of hydrogen-bond acceptors (Lipinski definition) is 5. The molecular formula is C26H31F4N3O3S. The monoisotopic (exact) mass is 541 g/mol. The summed E-state index contributed by atoms with van der Waals surface area (Å²) in [7, 11) is -3.97. The number of fused-ring (bicyclic) bond motifs is 2. The number of piperidine rings is 1. The normalized spacial score (nSPS) is 28.7. The van der Waals surface area contributed by atoms with Crippen LogP contribution in [0.15, 0.2) is 53.4 Å². The van der Waals surface area contributed by atoms with Gasteiger partial charge in [0.15, 0.2) is 0 Å². The van der Waals surface area contributed by atoms with Gasteiger partial charge in [-0.15, -0.1) is 0 Å². The van der Waals surface area contributed by atoms with Gasteiger partial charge in [0.1, 0.15) is 5.82 Å². The van der Waals surface area contributed by atoms with Crippen molar-refractivity contribution in [3.63, 3.8) is 0 Å². The molecule has 2 saturated heterocycles. The number of nitrogens with one attached hydrogen (secondary N) is 1. The van der Waals surface area contributed by atoms with Gasteiger partial charge in [-0.05, 0) is 86.6 Å². The second kappa shape index (κ2) is 9.83. The minimum Gasteiger partial charge on any atom is -0.381 e. The molecule has 2 aromatic carbocycles. The molecular weight excluding hydrogens is 510 g/mol. The second-order valence-corrected chi connectivity index (χ2v) is 12.3. The van der Waals surface area contributed by atoms with E-state index >= 15 is 0 Å². The predicted octanol–water partition coefficient (Wildman–Crippen LogP) is 4.68. The van der Waals surface area contributed by atoms with Crippen molar-refractivity contribution < 1.29 is 30.7 Å². The van der Waals surface area contributed by atoms with Gasteiger partial charge < -0.3 is 9.75 Å². The molecule has 202 valence electrons. The van der Waals surface area contributed by atoms with Crippen molar-refractivity contribution >= 4 is 15.7 Å². The van der Waals surface area contributed by atoms with E-state index in [2.05, 4.69) is 10.4 Å². The number of hydrogen-bond donors (Lipinski definition) is 1. The van der Waals surface area contributed by atoms with E-state index in [9.17, 15) is 26.0 Å². The third kappa shape index (κ3) is 4.98. The van der Waals surface area contributed by atoms with Crippen LogP contribution in [0.2, 0.25) is 0 Å². The third-order valence-corrected chi connectivity index (χ3v) is 10.1. The van der Waals surface area contributed by atoms with Crippen molar-refractivity contribution in [1.82, 2.24) is 9.73 Å². The minimum absolute atomic E-state index is 0.135. The lowest BCUT2D eigenvalue weighted by Crippen LogP contribution is -2.58. The first-order valence-corrected chi connectivity index (χ1v) is 14.0. The number of nitrogens with zero attached hydrogens (tertiary/aromatic N) is 2. The molecule has 0 amide bonds. The third-order valence-electron chi connectivity index (χ3n) is 8.20. The second-order valence-electron chi connectivity index (χ2n) is 10.3. The van der Waals surface area contributed by atoms with Crippen molar-refractivity contribution in [2.24, 2.45) is 17.3 Å². The molecule has 6 nitrogen and oxygen atoms in total. The van der Waals surface area contributed by atoms with E-state index in [1.807, 2.05) is 6.92 Å². The molecule has 1 N–H and O–H groups in total. The average molecular weight is 542 g/mol. The molecule has 1 aliphatic carbocycles. The van der Waals surface area contributed by atoms with Crippen LogP contribution in [-0.2, 0) is 20.9 Å². The number of anilines is 1. The zero-order chi connectivity index (χ0) is 26.4.